The van der Waals surface area contributed by atoms with Crippen LogP contribution in [0.2, 0.25) is 0 Å². The van der Waals surface area contributed by atoms with Gasteiger partial charge in [0.1, 0.15) is 0 Å². The number of esters is 1. The van der Waals surface area contributed by atoms with Crippen LogP contribution in [0.25, 0.3) is 0 Å². The van der Waals surface area contributed by atoms with Crippen molar-refractivity contribution in [2.45, 2.75) is 24.9 Å². The fourth-order valence-electron chi connectivity index (χ4n) is 1.72. The molecule has 0 heterocycles. The molecule has 0 saturated carbocycles. The smallest absolute Gasteiger partial charge is 0.391 e. The Hall–Kier alpha value is -2.03. The van der Waals surface area contributed by atoms with Crippen LogP contribution >= 0.6 is 0 Å². The van der Waals surface area contributed by atoms with Crippen LogP contribution < -0.4 is 0 Å². The first-order valence-electron chi connectivity index (χ1n) is 5.56. The summed E-state index contributed by atoms with van der Waals surface area (Å²) in [5.74, 6) is -1.18. The monoisotopic (exact) mass is 271 g/mol. The largest absolute Gasteiger partial charge is 0.465 e. The van der Waals surface area contributed by atoms with E-state index in [0.29, 0.717) is 0 Å². The molecule has 0 amide bonds. The van der Waals surface area contributed by atoms with Gasteiger partial charge in [-0.05, 0) is 12.5 Å². The van der Waals surface area contributed by atoms with Crippen molar-refractivity contribution in [2.24, 2.45) is 0 Å². The SMILES string of the molecule is CCOC(=O)C(C#N)(CC(F)(F)F)c1ccccc1. The average Bonchev–Trinajstić information content (AvgIpc) is 2.36. The summed E-state index contributed by atoms with van der Waals surface area (Å²) in [5, 5.41) is 9.14. The van der Waals surface area contributed by atoms with Gasteiger partial charge in [-0.25, -0.2) is 4.79 Å². The first kappa shape index (κ1) is 15.0. The molecular weight excluding hydrogens is 259 g/mol. The molecule has 0 fully saturated rings. The molecule has 0 aromatic heterocycles. The van der Waals surface area contributed by atoms with Crippen molar-refractivity contribution in [1.82, 2.24) is 0 Å². The van der Waals surface area contributed by atoms with E-state index in [-0.39, 0.29) is 12.2 Å². The van der Waals surface area contributed by atoms with Crippen LogP contribution in [0.4, 0.5) is 13.2 Å². The van der Waals surface area contributed by atoms with E-state index in [4.69, 9.17) is 5.26 Å². The summed E-state index contributed by atoms with van der Waals surface area (Å²) in [5.41, 5.74) is -2.37. The van der Waals surface area contributed by atoms with Gasteiger partial charge in [0.25, 0.3) is 0 Å². The second kappa shape index (κ2) is 5.74. The van der Waals surface area contributed by atoms with Crippen molar-refractivity contribution in [2.75, 3.05) is 6.61 Å². The standard InChI is InChI=1S/C13H12F3NO2/c1-2-19-11(18)12(9-17,8-13(14,15)16)10-6-4-3-5-7-10/h3-7H,2,8H2,1H3. The summed E-state index contributed by atoms with van der Waals surface area (Å²) in [4.78, 5) is 11.8. The first-order valence-corrected chi connectivity index (χ1v) is 5.56. The Balaban J connectivity index is 3.31. The predicted molar refractivity (Wildman–Crippen MR) is 61.0 cm³/mol. The Labute approximate surface area is 108 Å². The van der Waals surface area contributed by atoms with E-state index in [1.807, 2.05) is 0 Å². The highest BCUT2D eigenvalue weighted by atomic mass is 19.4. The minimum absolute atomic E-state index is 0.0201. The van der Waals surface area contributed by atoms with Gasteiger partial charge in [0.15, 0.2) is 5.41 Å². The van der Waals surface area contributed by atoms with E-state index in [2.05, 4.69) is 4.74 Å². The molecule has 0 saturated heterocycles. The molecule has 1 aromatic carbocycles. The molecule has 102 valence electrons. The topological polar surface area (TPSA) is 50.1 Å². The van der Waals surface area contributed by atoms with E-state index in [9.17, 15) is 18.0 Å². The lowest BCUT2D eigenvalue weighted by Crippen LogP contribution is -2.40. The van der Waals surface area contributed by atoms with E-state index >= 15 is 0 Å². The van der Waals surface area contributed by atoms with Crippen molar-refractivity contribution >= 4 is 5.97 Å². The zero-order valence-corrected chi connectivity index (χ0v) is 10.2. The summed E-state index contributed by atoms with van der Waals surface area (Å²) in [6.07, 6.45) is -6.22. The Morgan fingerprint density at radius 2 is 1.89 bits per heavy atom. The number of hydrogen-bond donors (Lipinski definition) is 0. The Morgan fingerprint density at radius 3 is 2.32 bits per heavy atom. The first-order chi connectivity index (χ1) is 8.85. The summed E-state index contributed by atoms with van der Waals surface area (Å²) in [6, 6.07) is 8.63. The van der Waals surface area contributed by atoms with E-state index in [0.717, 1.165) is 0 Å². The molecule has 0 bridgehead atoms. The fraction of sp³-hybridized carbons (Fsp3) is 0.385. The summed E-state index contributed by atoms with van der Waals surface area (Å²) in [7, 11) is 0. The maximum absolute atomic E-state index is 12.7. The van der Waals surface area contributed by atoms with E-state index < -0.39 is 24.0 Å². The van der Waals surface area contributed by atoms with Crippen molar-refractivity contribution < 1.29 is 22.7 Å². The molecule has 1 unspecified atom stereocenters. The Kier molecular flexibility index (Phi) is 4.54. The van der Waals surface area contributed by atoms with Crippen molar-refractivity contribution in [3.8, 4) is 6.07 Å². The second-order valence-electron chi connectivity index (χ2n) is 3.90. The third-order valence-electron chi connectivity index (χ3n) is 2.55. The zero-order chi connectivity index (χ0) is 14.5. The van der Waals surface area contributed by atoms with Crippen LogP contribution in [0, 0.1) is 11.3 Å². The molecule has 6 heteroatoms. The Bertz CT molecular complexity index is 479. The van der Waals surface area contributed by atoms with Gasteiger partial charge in [-0.3, -0.25) is 0 Å². The maximum Gasteiger partial charge on any atom is 0.391 e. The predicted octanol–water partition coefficient (Wildman–Crippen LogP) is 2.96. The number of ether oxygens (including phenoxy) is 1. The van der Waals surface area contributed by atoms with Crippen molar-refractivity contribution in [1.29, 1.82) is 5.26 Å². The van der Waals surface area contributed by atoms with Gasteiger partial charge in [0, 0.05) is 0 Å². The number of halogens is 3. The van der Waals surface area contributed by atoms with E-state index in [1.165, 1.54) is 37.3 Å². The van der Waals surface area contributed by atoms with E-state index in [1.54, 1.807) is 6.07 Å². The van der Waals surface area contributed by atoms with Crippen LogP contribution in [-0.4, -0.2) is 18.8 Å². The van der Waals surface area contributed by atoms with Crippen LogP contribution in [0.15, 0.2) is 30.3 Å². The van der Waals surface area contributed by atoms with Gasteiger partial charge in [0.2, 0.25) is 0 Å². The van der Waals surface area contributed by atoms with Gasteiger partial charge in [-0.15, -0.1) is 0 Å². The molecule has 1 rings (SSSR count). The number of carbonyl (C=O) groups excluding carboxylic acids is 1. The zero-order valence-electron chi connectivity index (χ0n) is 10.2. The number of hydrogen-bond acceptors (Lipinski definition) is 3. The molecule has 0 N–H and O–H groups in total. The number of benzene rings is 1. The minimum Gasteiger partial charge on any atom is -0.465 e. The molecule has 0 spiro atoms. The fourth-order valence-corrected chi connectivity index (χ4v) is 1.72. The molecular formula is C13H12F3NO2. The number of nitriles is 1. The highest BCUT2D eigenvalue weighted by Crippen LogP contribution is 2.37. The molecule has 0 aliphatic carbocycles. The lowest BCUT2D eigenvalue weighted by atomic mass is 9.78. The average molecular weight is 271 g/mol. The second-order valence-corrected chi connectivity index (χ2v) is 3.90. The van der Waals surface area contributed by atoms with Gasteiger partial charge >= 0.3 is 12.1 Å². The molecule has 0 radical (unpaired) electrons. The highest BCUT2D eigenvalue weighted by Gasteiger charge is 2.50. The van der Waals surface area contributed by atoms with Crippen LogP contribution in [0.3, 0.4) is 0 Å². The molecule has 0 aliphatic rings. The van der Waals surface area contributed by atoms with Gasteiger partial charge < -0.3 is 4.74 Å². The molecule has 0 aliphatic heterocycles. The third-order valence-corrected chi connectivity index (χ3v) is 2.55. The lowest BCUT2D eigenvalue weighted by Gasteiger charge is -2.25. The number of alkyl halides is 3. The lowest BCUT2D eigenvalue weighted by molar-refractivity contribution is -0.167. The van der Waals surface area contributed by atoms with Gasteiger partial charge in [-0.1, -0.05) is 30.3 Å². The Morgan fingerprint density at radius 1 is 1.32 bits per heavy atom. The van der Waals surface area contributed by atoms with Crippen molar-refractivity contribution in [3.05, 3.63) is 35.9 Å². The summed E-state index contributed by atoms with van der Waals surface area (Å²) < 4.78 is 42.6. The van der Waals surface area contributed by atoms with Crippen LogP contribution in [0.5, 0.6) is 0 Å². The van der Waals surface area contributed by atoms with Crippen LogP contribution in [0.1, 0.15) is 18.9 Å². The normalized spacial score (nSPS) is 14.3. The number of nitrogens with zero attached hydrogens (tertiary/aromatic N) is 1. The van der Waals surface area contributed by atoms with Gasteiger partial charge in [0.05, 0.1) is 19.1 Å². The number of carbonyl (C=O) groups is 1. The number of rotatable bonds is 4. The van der Waals surface area contributed by atoms with Crippen molar-refractivity contribution in [3.63, 3.8) is 0 Å². The highest BCUT2D eigenvalue weighted by molar-refractivity contribution is 5.86. The molecule has 19 heavy (non-hydrogen) atoms. The van der Waals surface area contributed by atoms with Crippen LogP contribution in [-0.2, 0) is 14.9 Å². The maximum atomic E-state index is 12.7. The molecule has 1 aromatic rings. The minimum atomic E-state index is -4.65. The quantitative estimate of drug-likeness (QED) is 0.791. The molecule has 3 nitrogen and oxygen atoms in total. The summed E-state index contributed by atoms with van der Waals surface area (Å²) in [6.45, 7) is 1.38. The molecule has 1 atom stereocenters. The van der Waals surface area contributed by atoms with Gasteiger partial charge in [-0.2, -0.15) is 18.4 Å². The summed E-state index contributed by atoms with van der Waals surface area (Å²) >= 11 is 0. The third kappa shape index (κ3) is 3.47.